The van der Waals surface area contributed by atoms with Crippen LogP contribution in [0.5, 0.6) is 0 Å². The first kappa shape index (κ1) is 19.3. The van der Waals surface area contributed by atoms with Crippen molar-refractivity contribution >= 4 is 39.3 Å². The van der Waals surface area contributed by atoms with Crippen LogP contribution < -0.4 is 0 Å². The van der Waals surface area contributed by atoms with Gasteiger partial charge in [0, 0.05) is 17.2 Å². The largest absolute Gasteiger partial charge is 0.463 e. The topological polar surface area (TPSA) is 125 Å². The van der Waals surface area contributed by atoms with Crippen molar-refractivity contribution in [2.24, 2.45) is 17.8 Å². The lowest BCUT2D eigenvalue weighted by molar-refractivity contribution is -0.173. The van der Waals surface area contributed by atoms with Crippen molar-refractivity contribution in [2.75, 3.05) is 0 Å². The second-order valence-corrected chi connectivity index (χ2v) is 8.70. The van der Waals surface area contributed by atoms with Gasteiger partial charge in [0.15, 0.2) is 11.6 Å². The molecular weight excluding hydrogens is 458 g/mol. The zero-order valence-corrected chi connectivity index (χ0v) is 17.1. The highest BCUT2D eigenvalue weighted by Crippen LogP contribution is 2.55. The molecule has 5 rings (SSSR count). The summed E-state index contributed by atoms with van der Waals surface area (Å²) in [6.45, 7) is -0.323. The summed E-state index contributed by atoms with van der Waals surface area (Å²) in [4.78, 5) is 50.8. The van der Waals surface area contributed by atoms with Crippen LogP contribution in [0.4, 0.5) is 0 Å². The van der Waals surface area contributed by atoms with Gasteiger partial charge in [-0.25, -0.2) is 0 Å². The van der Waals surface area contributed by atoms with Gasteiger partial charge in [-0.3, -0.25) is 24.4 Å². The number of allylic oxidation sites excluding steroid dienone is 6. The van der Waals surface area contributed by atoms with Crippen LogP contribution in [0.2, 0.25) is 0 Å². The Bertz CT molecular complexity index is 1120. The number of imide groups is 1. The summed E-state index contributed by atoms with van der Waals surface area (Å²) in [7, 11) is 0. The Labute approximate surface area is 178 Å². The van der Waals surface area contributed by atoms with Gasteiger partial charge in [0.1, 0.15) is 18.1 Å². The molecule has 154 valence electrons. The summed E-state index contributed by atoms with van der Waals surface area (Å²) in [6.07, 6.45) is 3.41. The van der Waals surface area contributed by atoms with Gasteiger partial charge in [-0.2, -0.15) is 5.06 Å². The van der Waals surface area contributed by atoms with Crippen LogP contribution in [0.1, 0.15) is 30.3 Å². The molecule has 1 aromatic rings. The molecular formula is C21H16BrNO7. The maximum atomic E-state index is 12.9. The first-order chi connectivity index (χ1) is 14.3. The minimum absolute atomic E-state index is 0.118. The number of fused-ring (bicyclic) bond motifs is 3. The highest BCUT2D eigenvalue weighted by atomic mass is 79.9. The molecule has 1 saturated heterocycles. The third-order valence-corrected chi connectivity index (χ3v) is 7.02. The molecule has 1 aliphatic heterocycles. The normalized spacial score (nSPS) is 30.8. The average molecular weight is 474 g/mol. The number of hydroxylamine groups is 2. The van der Waals surface area contributed by atoms with Crippen molar-refractivity contribution in [1.82, 2.24) is 5.06 Å². The van der Waals surface area contributed by atoms with Crippen molar-refractivity contribution in [1.29, 1.82) is 0 Å². The number of Topliss-reactive ketones (excluding diaryl/α,β-unsaturated/α-hetero) is 1. The first-order valence-corrected chi connectivity index (χ1v) is 10.3. The maximum absolute atomic E-state index is 12.9. The molecule has 0 saturated carbocycles. The van der Waals surface area contributed by atoms with Crippen LogP contribution in [-0.2, 0) is 25.8 Å². The van der Waals surface area contributed by atoms with E-state index >= 15 is 0 Å². The lowest BCUT2D eigenvalue weighted by Gasteiger charge is -2.41. The van der Waals surface area contributed by atoms with Crippen LogP contribution in [-0.4, -0.2) is 38.8 Å². The van der Waals surface area contributed by atoms with Crippen molar-refractivity contribution in [3.63, 3.8) is 0 Å². The smallest absolute Gasteiger partial charge is 0.257 e. The third kappa shape index (κ3) is 2.52. The predicted octanol–water partition coefficient (Wildman–Crippen LogP) is 1.92. The number of hydrogen-bond acceptors (Lipinski definition) is 7. The van der Waals surface area contributed by atoms with Crippen molar-refractivity contribution in [3.8, 4) is 0 Å². The molecule has 2 N–H and O–H groups in total. The Kier molecular flexibility index (Phi) is 4.32. The molecule has 1 fully saturated rings. The summed E-state index contributed by atoms with van der Waals surface area (Å²) >= 11 is 3.14. The van der Waals surface area contributed by atoms with Crippen LogP contribution >= 0.6 is 15.9 Å². The second kappa shape index (κ2) is 6.69. The molecule has 0 bridgehead atoms. The molecule has 0 spiro atoms. The van der Waals surface area contributed by atoms with E-state index < -0.39 is 35.5 Å². The summed E-state index contributed by atoms with van der Waals surface area (Å²) in [5.74, 6) is -4.06. The van der Waals surface area contributed by atoms with Crippen molar-refractivity contribution in [3.05, 3.63) is 57.0 Å². The zero-order valence-electron chi connectivity index (χ0n) is 15.5. The number of carbonyl (C=O) groups is 4. The molecule has 1 aromatic heterocycles. The first-order valence-electron chi connectivity index (χ1n) is 9.48. The van der Waals surface area contributed by atoms with Gasteiger partial charge in [-0.05, 0) is 46.8 Å². The van der Waals surface area contributed by atoms with Gasteiger partial charge < -0.3 is 9.52 Å². The van der Waals surface area contributed by atoms with Crippen molar-refractivity contribution < 1.29 is 33.9 Å². The number of rotatable bonds is 2. The van der Waals surface area contributed by atoms with Gasteiger partial charge in [0.05, 0.1) is 22.2 Å². The standard InChI is InChI=1S/C21H16BrNO7/c22-13-6-14(25)17-12(19(13)26)5-11-9(18(17)15-4-1-8(7-24)30-15)2-3-10-16(11)21(28)23(29)20(10)27/h1-2,4,6,10-11,16,18,24,29H,3,5,7H2/t10-,11+,16-,18+/m0/s1. The molecule has 0 unspecified atom stereocenters. The number of aliphatic hydroxyl groups excluding tert-OH is 1. The monoisotopic (exact) mass is 473 g/mol. The molecule has 4 atom stereocenters. The Morgan fingerprint density at radius 2 is 1.90 bits per heavy atom. The van der Waals surface area contributed by atoms with E-state index in [4.69, 9.17) is 4.42 Å². The fraction of sp³-hybridized carbons (Fsp3) is 0.333. The van der Waals surface area contributed by atoms with Crippen LogP contribution in [0.15, 0.2) is 49.9 Å². The Hall–Kier alpha value is -2.62. The molecule has 2 amide bonds. The summed E-state index contributed by atoms with van der Waals surface area (Å²) in [5, 5.41) is 19.4. The minimum atomic E-state index is -0.807. The van der Waals surface area contributed by atoms with E-state index in [9.17, 15) is 29.5 Å². The Morgan fingerprint density at radius 1 is 1.13 bits per heavy atom. The van der Waals surface area contributed by atoms with Gasteiger partial charge in [0.2, 0.25) is 0 Å². The van der Waals surface area contributed by atoms with Crippen LogP contribution in [0.3, 0.4) is 0 Å². The highest BCUT2D eigenvalue weighted by molar-refractivity contribution is 9.12. The number of aliphatic hydroxyl groups is 1. The van der Waals surface area contributed by atoms with Gasteiger partial charge in [0.25, 0.3) is 11.8 Å². The maximum Gasteiger partial charge on any atom is 0.257 e. The molecule has 0 radical (unpaired) electrons. The summed E-state index contributed by atoms with van der Waals surface area (Å²) < 4.78 is 5.87. The van der Waals surface area contributed by atoms with E-state index in [-0.39, 0.29) is 46.1 Å². The number of carbonyl (C=O) groups excluding carboxylic acids is 4. The molecule has 2 heterocycles. The lowest BCUT2D eigenvalue weighted by Crippen LogP contribution is -2.39. The Morgan fingerprint density at radius 3 is 2.60 bits per heavy atom. The molecule has 9 heteroatoms. The predicted molar refractivity (Wildman–Crippen MR) is 103 cm³/mol. The molecule has 0 aromatic carbocycles. The highest BCUT2D eigenvalue weighted by Gasteiger charge is 2.56. The molecule has 4 aliphatic rings. The Balaban J connectivity index is 1.70. The SMILES string of the molecule is O=C1C=C(Br)C(=O)C2=C1[C@@H](c1ccc(CO)o1)C1=CC[C@@H]3C(=O)N(O)C(=O)[C@@H]3[C@@H]1C2. The summed E-state index contributed by atoms with van der Waals surface area (Å²) in [5.41, 5.74) is 1.29. The number of halogens is 1. The second-order valence-electron chi connectivity index (χ2n) is 7.84. The number of amides is 2. The summed E-state index contributed by atoms with van der Waals surface area (Å²) in [6, 6.07) is 3.23. The minimum Gasteiger partial charge on any atom is -0.463 e. The van der Waals surface area contributed by atoms with Gasteiger partial charge >= 0.3 is 0 Å². The fourth-order valence-electron chi connectivity index (χ4n) is 5.15. The molecule has 3 aliphatic carbocycles. The molecule has 8 nitrogen and oxygen atoms in total. The van der Waals surface area contributed by atoms with Gasteiger partial charge in [-0.15, -0.1) is 0 Å². The number of furan rings is 1. The van der Waals surface area contributed by atoms with Gasteiger partial charge in [-0.1, -0.05) is 11.6 Å². The van der Waals surface area contributed by atoms with Crippen LogP contribution in [0.25, 0.3) is 0 Å². The van der Waals surface area contributed by atoms with E-state index in [0.717, 1.165) is 5.57 Å². The van der Waals surface area contributed by atoms with E-state index in [2.05, 4.69) is 15.9 Å². The van der Waals surface area contributed by atoms with E-state index in [1.54, 1.807) is 12.1 Å². The van der Waals surface area contributed by atoms with E-state index in [0.29, 0.717) is 17.1 Å². The van der Waals surface area contributed by atoms with E-state index in [1.807, 2.05) is 6.08 Å². The zero-order chi connectivity index (χ0) is 21.3. The molecule has 30 heavy (non-hydrogen) atoms. The third-order valence-electron chi connectivity index (χ3n) is 6.43. The average Bonchev–Trinajstić information content (AvgIpc) is 3.30. The number of nitrogens with zero attached hydrogens (tertiary/aromatic N) is 1. The number of hydrogen-bond donors (Lipinski definition) is 2. The van der Waals surface area contributed by atoms with Crippen molar-refractivity contribution in [2.45, 2.75) is 25.4 Å². The fourth-order valence-corrected chi connectivity index (χ4v) is 5.60. The lowest BCUT2D eigenvalue weighted by atomic mass is 9.60. The quantitative estimate of drug-likeness (QED) is 0.291. The number of ketones is 2. The van der Waals surface area contributed by atoms with Crippen LogP contribution in [0, 0.1) is 17.8 Å². The van der Waals surface area contributed by atoms with E-state index in [1.165, 1.54) is 6.08 Å².